The van der Waals surface area contributed by atoms with Crippen LogP contribution in [-0.4, -0.2) is 25.2 Å². The van der Waals surface area contributed by atoms with Crippen LogP contribution >= 0.6 is 0 Å². The molecular weight excluding hydrogens is 178 g/mol. The van der Waals surface area contributed by atoms with E-state index in [0.29, 0.717) is 6.61 Å². The summed E-state index contributed by atoms with van der Waals surface area (Å²) in [6.07, 6.45) is -0.391. The Labute approximate surface area is 83.3 Å². The molecule has 3 nitrogen and oxygen atoms in total. The summed E-state index contributed by atoms with van der Waals surface area (Å²) in [5.74, 6) is 0.0614. The maximum absolute atomic E-state index is 11.3. The Bertz CT molecular complexity index is 323. The number of carbonyl (C=O) groups is 1. The molecule has 1 aromatic rings. The van der Waals surface area contributed by atoms with Crippen LogP contribution in [0.15, 0.2) is 30.3 Å². The number of benzene rings is 1. The van der Waals surface area contributed by atoms with Gasteiger partial charge < -0.3 is 9.64 Å². The number of ketones is 1. The monoisotopic (exact) mass is 191 g/mol. The van der Waals surface area contributed by atoms with Crippen molar-refractivity contribution >= 4 is 11.5 Å². The molecule has 0 bridgehead atoms. The van der Waals surface area contributed by atoms with Gasteiger partial charge in [0.25, 0.3) is 0 Å². The molecule has 0 N–H and O–H groups in total. The van der Waals surface area contributed by atoms with E-state index in [-0.39, 0.29) is 5.78 Å². The molecule has 1 atom stereocenters. The number of rotatable bonds is 2. The van der Waals surface area contributed by atoms with E-state index in [1.807, 2.05) is 35.2 Å². The molecular formula is C11H13NO2. The molecule has 0 amide bonds. The molecule has 0 spiro atoms. The smallest absolute Gasteiger partial charge is 0.189 e. The fourth-order valence-corrected chi connectivity index (χ4v) is 1.69. The molecule has 0 aromatic heterocycles. The van der Waals surface area contributed by atoms with E-state index in [2.05, 4.69) is 0 Å². The molecule has 1 aromatic carbocycles. The highest BCUT2D eigenvalue weighted by molar-refractivity contribution is 5.84. The lowest BCUT2D eigenvalue weighted by Gasteiger charge is -2.22. The van der Waals surface area contributed by atoms with E-state index in [9.17, 15) is 4.79 Å². The number of para-hydroxylation sites is 1. The fraction of sp³-hybridized carbons (Fsp3) is 0.364. The molecule has 3 heteroatoms. The van der Waals surface area contributed by atoms with Crippen LogP contribution < -0.4 is 4.90 Å². The third-order valence-electron chi connectivity index (χ3n) is 2.33. The lowest BCUT2D eigenvalue weighted by Crippen LogP contribution is -2.35. The molecule has 1 aliphatic heterocycles. The van der Waals surface area contributed by atoms with Gasteiger partial charge in [-0.1, -0.05) is 18.2 Å². The van der Waals surface area contributed by atoms with Gasteiger partial charge in [-0.2, -0.15) is 0 Å². The lowest BCUT2D eigenvalue weighted by atomic mass is 10.2. The number of ether oxygens (including phenoxy) is 1. The van der Waals surface area contributed by atoms with Crippen molar-refractivity contribution < 1.29 is 9.53 Å². The van der Waals surface area contributed by atoms with Crippen LogP contribution in [0.3, 0.4) is 0 Å². The molecule has 2 rings (SSSR count). The first kappa shape index (κ1) is 9.21. The van der Waals surface area contributed by atoms with Gasteiger partial charge in [-0.3, -0.25) is 4.79 Å². The van der Waals surface area contributed by atoms with Crippen molar-refractivity contribution in [2.75, 3.05) is 18.1 Å². The van der Waals surface area contributed by atoms with Crippen molar-refractivity contribution in [3.05, 3.63) is 30.3 Å². The van der Waals surface area contributed by atoms with E-state index in [0.717, 1.165) is 12.2 Å². The summed E-state index contributed by atoms with van der Waals surface area (Å²) in [5, 5.41) is 0. The second kappa shape index (κ2) is 3.80. The summed E-state index contributed by atoms with van der Waals surface area (Å²) in [5.41, 5.74) is 1.05. The SMILES string of the molecule is CC(=O)C1OCCN1c1ccccc1. The molecule has 1 unspecified atom stereocenters. The minimum absolute atomic E-state index is 0.0614. The van der Waals surface area contributed by atoms with Crippen molar-refractivity contribution in [3.8, 4) is 0 Å². The zero-order valence-corrected chi connectivity index (χ0v) is 8.14. The third-order valence-corrected chi connectivity index (χ3v) is 2.33. The summed E-state index contributed by atoms with van der Waals surface area (Å²) in [7, 11) is 0. The predicted molar refractivity (Wildman–Crippen MR) is 54.2 cm³/mol. The first-order valence-electron chi connectivity index (χ1n) is 4.73. The fourth-order valence-electron chi connectivity index (χ4n) is 1.69. The Morgan fingerprint density at radius 1 is 1.43 bits per heavy atom. The van der Waals surface area contributed by atoms with Crippen LogP contribution in [0.4, 0.5) is 5.69 Å². The number of nitrogens with zero attached hydrogens (tertiary/aromatic N) is 1. The van der Waals surface area contributed by atoms with Crippen molar-refractivity contribution in [1.82, 2.24) is 0 Å². The van der Waals surface area contributed by atoms with Crippen molar-refractivity contribution in [3.63, 3.8) is 0 Å². The van der Waals surface area contributed by atoms with Gasteiger partial charge in [0.05, 0.1) is 6.61 Å². The van der Waals surface area contributed by atoms with E-state index in [4.69, 9.17) is 4.74 Å². The molecule has 1 heterocycles. The number of hydrogen-bond acceptors (Lipinski definition) is 3. The van der Waals surface area contributed by atoms with Gasteiger partial charge in [0.15, 0.2) is 12.0 Å². The first-order valence-corrected chi connectivity index (χ1v) is 4.73. The molecule has 74 valence electrons. The Hall–Kier alpha value is -1.35. The van der Waals surface area contributed by atoms with Crippen LogP contribution in [0.5, 0.6) is 0 Å². The van der Waals surface area contributed by atoms with Crippen molar-refractivity contribution in [2.45, 2.75) is 13.2 Å². The largest absolute Gasteiger partial charge is 0.349 e. The zero-order chi connectivity index (χ0) is 9.97. The van der Waals surface area contributed by atoms with Crippen molar-refractivity contribution in [1.29, 1.82) is 0 Å². The van der Waals surface area contributed by atoms with E-state index in [1.54, 1.807) is 6.92 Å². The van der Waals surface area contributed by atoms with Gasteiger partial charge in [-0.15, -0.1) is 0 Å². The summed E-state index contributed by atoms with van der Waals surface area (Å²) >= 11 is 0. The molecule has 1 fully saturated rings. The topological polar surface area (TPSA) is 29.5 Å². The Kier molecular flexibility index (Phi) is 2.50. The van der Waals surface area contributed by atoms with Crippen LogP contribution in [0.25, 0.3) is 0 Å². The summed E-state index contributed by atoms with van der Waals surface area (Å²) in [6.45, 7) is 2.97. The van der Waals surface area contributed by atoms with Crippen LogP contribution in [0, 0.1) is 0 Å². The second-order valence-electron chi connectivity index (χ2n) is 3.36. The normalized spacial score (nSPS) is 21.2. The number of Topliss-reactive ketones (excluding diaryl/α,β-unsaturated/α-hetero) is 1. The van der Waals surface area contributed by atoms with Gasteiger partial charge in [-0.05, 0) is 19.1 Å². The van der Waals surface area contributed by atoms with Gasteiger partial charge in [-0.25, -0.2) is 0 Å². The highest BCUT2D eigenvalue weighted by Crippen LogP contribution is 2.21. The minimum atomic E-state index is -0.391. The van der Waals surface area contributed by atoms with E-state index < -0.39 is 6.23 Å². The molecule has 1 aliphatic rings. The van der Waals surface area contributed by atoms with Gasteiger partial charge in [0.2, 0.25) is 0 Å². The van der Waals surface area contributed by atoms with Gasteiger partial charge >= 0.3 is 0 Å². The molecule has 0 aliphatic carbocycles. The Morgan fingerprint density at radius 2 is 2.14 bits per heavy atom. The predicted octanol–water partition coefficient (Wildman–Crippen LogP) is 1.44. The van der Waals surface area contributed by atoms with Crippen LogP contribution in [-0.2, 0) is 9.53 Å². The van der Waals surface area contributed by atoms with Crippen molar-refractivity contribution in [2.24, 2.45) is 0 Å². The molecule has 0 radical (unpaired) electrons. The zero-order valence-electron chi connectivity index (χ0n) is 8.14. The van der Waals surface area contributed by atoms with Gasteiger partial charge in [0.1, 0.15) is 0 Å². The number of carbonyl (C=O) groups excluding carboxylic acids is 1. The Morgan fingerprint density at radius 3 is 2.79 bits per heavy atom. The number of anilines is 1. The van der Waals surface area contributed by atoms with Crippen LogP contribution in [0.2, 0.25) is 0 Å². The highest BCUT2D eigenvalue weighted by atomic mass is 16.5. The molecule has 1 saturated heterocycles. The highest BCUT2D eigenvalue weighted by Gasteiger charge is 2.28. The van der Waals surface area contributed by atoms with Gasteiger partial charge in [0, 0.05) is 12.2 Å². The Balaban J connectivity index is 2.22. The minimum Gasteiger partial charge on any atom is -0.349 e. The van der Waals surface area contributed by atoms with Crippen LogP contribution in [0.1, 0.15) is 6.92 Å². The van der Waals surface area contributed by atoms with E-state index >= 15 is 0 Å². The molecule has 14 heavy (non-hydrogen) atoms. The average molecular weight is 191 g/mol. The van der Waals surface area contributed by atoms with E-state index in [1.165, 1.54) is 0 Å². The average Bonchev–Trinajstić information content (AvgIpc) is 2.67. The maximum Gasteiger partial charge on any atom is 0.189 e. The standard InChI is InChI=1S/C11H13NO2/c1-9(13)11-12(7-8-14-11)10-5-3-2-4-6-10/h2-6,11H,7-8H2,1H3. The maximum atomic E-state index is 11.3. The summed E-state index contributed by atoms with van der Waals surface area (Å²) in [4.78, 5) is 13.3. The summed E-state index contributed by atoms with van der Waals surface area (Å²) in [6, 6.07) is 9.87. The second-order valence-corrected chi connectivity index (χ2v) is 3.36. The third kappa shape index (κ3) is 1.63. The quantitative estimate of drug-likeness (QED) is 0.708. The first-order chi connectivity index (χ1) is 6.79. The molecule has 0 saturated carbocycles. The number of hydrogen-bond donors (Lipinski definition) is 0. The summed E-state index contributed by atoms with van der Waals surface area (Å²) < 4.78 is 5.36. The lowest BCUT2D eigenvalue weighted by molar-refractivity contribution is -0.125.